The van der Waals surface area contributed by atoms with Crippen molar-refractivity contribution in [1.29, 1.82) is 0 Å². The lowest BCUT2D eigenvalue weighted by atomic mass is 10.1. The fourth-order valence-corrected chi connectivity index (χ4v) is 4.38. The molecular weight excluding hydrogens is 514 g/mol. The minimum atomic E-state index is -0.576. The minimum Gasteiger partial charge on any atom is -0.484 e. The van der Waals surface area contributed by atoms with Crippen LogP contribution in [-0.2, 0) is 13.0 Å². The molecule has 0 radical (unpaired) electrons. The molecule has 2 heterocycles. The number of hydrogen-bond donors (Lipinski definition) is 2. The number of aromatic amines is 1. The van der Waals surface area contributed by atoms with Crippen LogP contribution in [0.15, 0.2) is 63.5 Å². The van der Waals surface area contributed by atoms with Crippen molar-refractivity contribution in [2.75, 3.05) is 5.32 Å². The van der Waals surface area contributed by atoms with Gasteiger partial charge in [0, 0.05) is 12.1 Å². The molecule has 5 rings (SSSR count). The topological polar surface area (TPSA) is 115 Å². The summed E-state index contributed by atoms with van der Waals surface area (Å²) in [6.07, 6.45) is 2.08. The summed E-state index contributed by atoms with van der Waals surface area (Å²) in [6, 6.07) is 16.9. The van der Waals surface area contributed by atoms with Gasteiger partial charge in [0.1, 0.15) is 17.1 Å². The van der Waals surface area contributed by atoms with Crippen molar-refractivity contribution in [2.45, 2.75) is 32.8 Å². The van der Waals surface area contributed by atoms with Gasteiger partial charge in [0.05, 0.1) is 9.86 Å². The van der Waals surface area contributed by atoms with Crippen molar-refractivity contribution in [3.63, 3.8) is 0 Å². The second-order valence-electron chi connectivity index (χ2n) is 7.90. The predicted molar refractivity (Wildman–Crippen MR) is 135 cm³/mol. The van der Waals surface area contributed by atoms with Crippen LogP contribution in [0.1, 0.15) is 31.4 Å². The van der Waals surface area contributed by atoms with Crippen molar-refractivity contribution in [2.24, 2.45) is 0 Å². The third-order valence-corrected chi connectivity index (χ3v) is 6.30. The molecule has 0 aliphatic heterocycles. The van der Waals surface area contributed by atoms with Crippen LogP contribution in [0.25, 0.3) is 21.7 Å². The number of carbonyl (C=O) groups is 1. The fourth-order valence-electron chi connectivity index (χ4n) is 3.77. The molecule has 2 N–H and O–H groups in total. The van der Waals surface area contributed by atoms with E-state index in [1.54, 1.807) is 0 Å². The number of amides is 1. The molecule has 178 valence electrons. The van der Waals surface area contributed by atoms with Gasteiger partial charge in [-0.2, -0.15) is 5.21 Å². The highest BCUT2D eigenvalue weighted by Crippen LogP contribution is 2.36. The maximum atomic E-state index is 12.8. The first-order valence-corrected chi connectivity index (χ1v) is 12.0. The Hall–Kier alpha value is -3.92. The molecular formula is C25H22BrN5O4. The molecule has 0 spiro atoms. The minimum absolute atomic E-state index is 0.190. The summed E-state index contributed by atoms with van der Waals surface area (Å²) in [5.41, 5.74) is 1.31. The zero-order valence-corrected chi connectivity index (χ0v) is 20.5. The van der Waals surface area contributed by atoms with Crippen LogP contribution < -0.4 is 14.8 Å². The van der Waals surface area contributed by atoms with Gasteiger partial charge in [0.25, 0.3) is 0 Å². The molecule has 0 bridgehead atoms. The molecule has 5 aromatic rings. The van der Waals surface area contributed by atoms with Gasteiger partial charge in [-0.25, -0.2) is 4.79 Å². The number of anilines is 1. The fraction of sp³-hybridized carbons (Fsp3) is 0.200. The number of unbranched alkanes of at least 4 members (excludes halogenated alkanes) is 1. The molecule has 0 unspecified atom stereocenters. The van der Waals surface area contributed by atoms with Crippen LogP contribution in [0, 0.1) is 0 Å². The van der Waals surface area contributed by atoms with Gasteiger partial charge in [0.15, 0.2) is 12.4 Å². The monoisotopic (exact) mass is 535 g/mol. The Kier molecular flexibility index (Phi) is 6.62. The van der Waals surface area contributed by atoms with Crippen molar-refractivity contribution in [3.05, 3.63) is 70.7 Å². The number of rotatable bonds is 8. The van der Waals surface area contributed by atoms with Crippen LogP contribution >= 0.6 is 15.9 Å². The zero-order valence-electron chi connectivity index (χ0n) is 18.9. The van der Waals surface area contributed by atoms with Gasteiger partial charge >= 0.3 is 6.09 Å². The first-order chi connectivity index (χ1) is 17.1. The molecule has 0 aliphatic rings. The number of aryl methyl sites for hydroxylation is 1. The van der Waals surface area contributed by atoms with Gasteiger partial charge in [-0.15, -0.1) is 10.2 Å². The number of H-pyrrole nitrogens is 1. The van der Waals surface area contributed by atoms with E-state index in [0.717, 1.165) is 33.5 Å². The zero-order chi connectivity index (χ0) is 24.2. The summed E-state index contributed by atoms with van der Waals surface area (Å²) in [4.78, 5) is 12.8. The molecule has 0 atom stereocenters. The van der Waals surface area contributed by atoms with Crippen LogP contribution in [0.3, 0.4) is 0 Å². The Labute approximate surface area is 208 Å². The number of benzene rings is 3. The second kappa shape index (κ2) is 10.1. The highest BCUT2D eigenvalue weighted by molar-refractivity contribution is 9.10. The molecule has 1 amide bonds. The maximum Gasteiger partial charge on any atom is 0.417 e. The number of halogens is 1. The summed E-state index contributed by atoms with van der Waals surface area (Å²) >= 11 is 3.60. The Morgan fingerprint density at radius 1 is 1.14 bits per heavy atom. The van der Waals surface area contributed by atoms with E-state index in [1.807, 2.05) is 54.6 Å². The van der Waals surface area contributed by atoms with Gasteiger partial charge in [0.2, 0.25) is 5.82 Å². The number of para-hydroxylation sites is 1. The largest absolute Gasteiger partial charge is 0.484 e. The number of nitrogens with zero attached hydrogens (tertiary/aromatic N) is 3. The number of hydrogen-bond acceptors (Lipinski definition) is 7. The van der Waals surface area contributed by atoms with Gasteiger partial charge < -0.3 is 13.9 Å². The predicted octanol–water partition coefficient (Wildman–Crippen LogP) is 6.39. The molecule has 35 heavy (non-hydrogen) atoms. The number of fused-ring (bicyclic) bond motifs is 2. The van der Waals surface area contributed by atoms with E-state index in [-0.39, 0.29) is 6.61 Å². The number of carbonyl (C=O) groups excluding carboxylic acids is 1. The molecule has 2 aromatic heterocycles. The number of nitrogens with one attached hydrogen (secondary N) is 2. The SMILES string of the molecule is CCCCc1oc2ccccc2c1OC(=O)Nc1ccc2c(Br)c(OCc3nn[nH]n3)ccc2c1. The lowest BCUT2D eigenvalue weighted by Crippen LogP contribution is -2.17. The van der Waals surface area contributed by atoms with E-state index in [0.29, 0.717) is 40.8 Å². The van der Waals surface area contributed by atoms with E-state index < -0.39 is 6.09 Å². The van der Waals surface area contributed by atoms with Gasteiger partial charge in [-0.3, -0.25) is 5.32 Å². The highest BCUT2D eigenvalue weighted by Gasteiger charge is 2.18. The molecule has 3 aromatic carbocycles. The lowest BCUT2D eigenvalue weighted by molar-refractivity contribution is 0.214. The Morgan fingerprint density at radius 2 is 2.03 bits per heavy atom. The van der Waals surface area contributed by atoms with Crippen molar-refractivity contribution in [3.8, 4) is 11.5 Å². The van der Waals surface area contributed by atoms with E-state index >= 15 is 0 Å². The average Bonchev–Trinajstić information content (AvgIpc) is 3.50. The summed E-state index contributed by atoms with van der Waals surface area (Å²) in [7, 11) is 0. The van der Waals surface area contributed by atoms with Crippen LogP contribution in [-0.4, -0.2) is 26.7 Å². The summed E-state index contributed by atoms with van der Waals surface area (Å²) in [6.45, 7) is 2.30. The molecule has 0 saturated heterocycles. The van der Waals surface area contributed by atoms with Crippen molar-refractivity contribution >= 4 is 49.5 Å². The van der Waals surface area contributed by atoms with Gasteiger partial charge in [-0.05, 0) is 63.5 Å². The average molecular weight is 536 g/mol. The Balaban J connectivity index is 1.32. The molecule has 0 saturated carbocycles. The third kappa shape index (κ3) is 4.97. The summed E-state index contributed by atoms with van der Waals surface area (Å²) < 4.78 is 18.2. The second-order valence-corrected chi connectivity index (χ2v) is 8.69. The molecule has 0 fully saturated rings. The first kappa shape index (κ1) is 22.9. The smallest absolute Gasteiger partial charge is 0.417 e. The van der Waals surface area contributed by atoms with Crippen LogP contribution in [0.2, 0.25) is 0 Å². The maximum absolute atomic E-state index is 12.8. The van der Waals surface area contributed by atoms with Crippen LogP contribution in [0.4, 0.5) is 10.5 Å². The van der Waals surface area contributed by atoms with E-state index in [9.17, 15) is 4.79 Å². The van der Waals surface area contributed by atoms with E-state index in [2.05, 4.69) is 48.8 Å². The number of tetrazole rings is 1. The first-order valence-electron chi connectivity index (χ1n) is 11.2. The standard InChI is InChI=1S/C25H22BrN5O4/c1-2-3-7-21-24(18-6-4-5-8-19(18)34-21)35-25(32)27-16-10-11-17-15(13-16)9-12-20(23(17)26)33-14-22-28-30-31-29-22/h4-6,8-13H,2-3,7,14H2,1H3,(H,27,32)(H,28,29,30,31). The highest BCUT2D eigenvalue weighted by atomic mass is 79.9. The number of furan rings is 1. The molecule has 9 nitrogen and oxygen atoms in total. The Morgan fingerprint density at radius 3 is 2.86 bits per heavy atom. The number of aromatic nitrogens is 4. The number of ether oxygens (including phenoxy) is 2. The lowest BCUT2D eigenvalue weighted by Gasteiger charge is -2.11. The summed E-state index contributed by atoms with van der Waals surface area (Å²) in [5.74, 6) is 2.25. The van der Waals surface area contributed by atoms with Crippen LogP contribution in [0.5, 0.6) is 11.5 Å². The normalized spacial score (nSPS) is 11.1. The van der Waals surface area contributed by atoms with Crippen molar-refractivity contribution < 1.29 is 18.7 Å². The third-order valence-electron chi connectivity index (χ3n) is 5.48. The molecule has 10 heteroatoms. The van der Waals surface area contributed by atoms with Gasteiger partial charge in [-0.1, -0.05) is 42.8 Å². The summed E-state index contributed by atoms with van der Waals surface area (Å²) in [5, 5.41) is 19.1. The van der Waals surface area contributed by atoms with E-state index in [4.69, 9.17) is 13.9 Å². The Bertz CT molecular complexity index is 1480. The quantitative estimate of drug-likeness (QED) is 0.236. The van der Waals surface area contributed by atoms with E-state index in [1.165, 1.54) is 0 Å². The van der Waals surface area contributed by atoms with Crippen molar-refractivity contribution in [1.82, 2.24) is 20.6 Å². The molecule has 0 aliphatic carbocycles.